The molecule has 2 N–H and O–H groups in total. The fraction of sp³-hybridized carbons (Fsp3) is 0.588. The molecular weight excluding hydrogens is 430 g/mol. The average Bonchev–Trinajstić information content (AvgIpc) is 3.00. The molecule has 164 valence electrons. The van der Waals surface area contributed by atoms with E-state index in [9.17, 15) is 17.6 Å². The molecule has 0 aliphatic carbocycles. The summed E-state index contributed by atoms with van der Waals surface area (Å²) in [6.45, 7) is 2.21. The van der Waals surface area contributed by atoms with Crippen LogP contribution in [0.3, 0.4) is 0 Å². The van der Waals surface area contributed by atoms with Gasteiger partial charge in [0.2, 0.25) is 5.95 Å². The Morgan fingerprint density at radius 1 is 1.27 bits per heavy atom. The number of hydrogen-bond donors (Lipinski definition) is 2. The zero-order chi connectivity index (χ0) is 21.5. The van der Waals surface area contributed by atoms with Gasteiger partial charge in [0.1, 0.15) is 17.6 Å². The van der Waals surface area contributed by atoms with Crippen LogP contribution in [-0.2, 0) is 10.9 Å². The monoisotopic (exact) mass is 449 g/mol. The molecular formula is C17H20ClF4N7O. The third kappa shape index (κ3) is 4.03. The van der Waals surface area contributed by atoms with Gasteiger partial charge in [0.25, 0.3) is 0 Å². The van der Waals surface area contributed by atoms with Crippen molar-refractivity contribution in [3.63, 3.8) is 0 Å². The minimum atomic E-state index is -4.59. The molecule has 0 bridgehead atoms. The summed E-state index contributed by atoms with van der Waals surface area (Å²) < 4.78 is 60.3. The first-order valence-corrected chi connectivity index (χ1v) is 9.73. The molecule has 0 radical (unpaired) electrons. The van der Waals surface area contributed by atoms with Crippen molar-refractivity contribution in [2.75, 3.05) is 44.0 Å². The van der Waals surface area contributed by atoms with E-state index >= 15 is 0 Å². The van der Waals surface area contributed by atoms with Crippen molar-refractivity contribution in [1.82, 2.24) is 24.6 Å². The van der Waals surface area contributed by atoms with Crippen molar-refractivity contribution in [2.45, 2.75) is 30.9 Å². The van der Waals surface area contributed by atoms with Crippen LogP contribution in [0.5, 0.6) is 0 Å². The van der Waals surface area contributed by atoms with Gasteiger partial charge >= 0.3 is 6.18 Å². The van der Waals surface area contributed by atoms with Crippen LogP contribution in [0.4, 0.5) is 35.0 Å². The van der Waals surface area contributed by atoms with Crippen molar-refractivity contribution in [2.24, 2.45) is 0 Å². The van der Waals surface area contributed by atoms with E-state index in [-0.39, 0.29) is 35.2 Å². The number of likely N-dealkylation sites (tertiary alicyclic amines) is 1. The molecule has 0 unspecified atom stereocenters. The van der Waals surface area contributed by atoms with Gasteiger partial charge in [0, 0.05) is 26.3 Å². The molecule has 4 rings (SSSR count). The number of piperidine rings is 1. The molecule has 2 aromatic rings. The standard InChI is InChI=1S/C17H20ClF4N7O/c1-23-15-10(17(20,21)22)4-24-16(27-15)26-12-5-25-29(14(12)18)13-2-3-28(6-11(13)19)9-7-30-8-9/h4-5,9,11,13H,2-3,6-8H2,1H3,(H2,23,24,26,27)/t11-,13+/m1/s1. The lowest BCUT2D eigenvalue weighted by atomic mass is 10.0. The normalized spacial score (nSPS) is 23.3. The quantitative estimate of drug-likeness (QED) is 0.679. The van der Waals surface area contributed by atoms with E-state index < -0.39 is 24.0 Å². The highest BCUT2D eigenvalue weighted by atomic mass is 35.5. The molecule has 2 aliphatic rings. The van der Waals surface area contributed by atoms with Gasteiger partial charge in [0.15, 0.2) is 5.15 Å². The van der Waals surface area contributed by atoms with Gasteiger partial charge < -0.3 is 15.4 Å². The lowest BCUT2D eigenvalue weighted by molar-refractivity contribution is -0.137. The topological polar surface area (TPSA) is 80.1 Å². The maximum Gasteiger partial charge on any atom is 0.421 e. The van der Waals surface area contributed by atoms with Crippen molar-refractivity contribution >= 4 is 29.1 Å². The first kappa shape index (κ1) is 21.1. The molecule has 0 aromatic carbocycles. The molecule has 2 saturated heterocycles. The second-order valence-corrected chi connectivity index (χ2v) is 7.54. The van der Waals surface area contributed by atoms with E-state index in [1.165, 1.54) is 17.9 Å². The van der Waals surface area contributed by atoms with Gasteiger partial charge in [-0.15, -0.1) is 0 Å². The van der Waals surface area contributed by atoms with Crippen molar-refractivity contribution in [3.8, 4) is 0 Å². The third-order valence-electron chi connectivity index (χ3n) is 5.30. The first-order chi connectivity index (χ1) is 14.3. The van der Waals surface area contributed by atoms with Crippen molar-refractivity contribution in [3.05, 3.63) is 23.1 Å². The molecule has 8 nitrogen and oxygen atoms in total. The second kappa shape index (κ2) is 8.16. The number of nitrogens with one attached hydrogen (secondary N) is 2. The Hall–Kier alpha value is -2.18. The third-order valence-corrected chi connectivity index (χ3v) is 5.68. The van der Waals surface area contributed by atoms with Crippen LogP contribution in [0.25, 0.3) is 0 Å². The summed E-state index contributed by atoms with van der Waals surface area (Å²) in [4.78, 5) is 9.60. The first-order valence-electron chi connectivity index (χ1n) is 9.35. The zero-order valence-electron chi connectivity index (χ0n) is 16.0. The molecule has 0 spiro atoms. The smallest absolute Gasteiger partial charge is 0.378 e. The minimum absolute atomic E-state index is 0.0922. The molecule has 2 aliphatic heterocycles. The van der Waals surface area contributed by atoms with E-state index in [4.69, 9.17) is 16.3 Å². The summed E-state index contributed by atoms with van der Waals surface area (Å²) in [5.41, 5.74) is -0.707. The SMILES string of the molecule is CNc1nc(Nc2cnn([C@H]3CCN(C4COC4)C[C@H]3F)c2Cl)ncc1C(F)(F)F. The average molecular weight is 450 g/mol. The van der Waals surface area contributed by atoms with Gasteiger partial charge in [0.05, 0.1) is 37.2 Å². The molecule has 0 saturated carbocycles. The zero-order valence-corrected chi connectivity index (χ0v) is 16.7. The Morgan fingerprint density at radius 2 is 2.03 bits per heavy atom. The minimum Gasteiger partial charge on any atom is -0.378 e. The fourth-order valence-corrected chi connectivity index (χ4v) is 3.85. The predicted molar refractivity (Wildman–Crippen MR) is 102 cm³/mol. The molecule has 2 fully saturated rings. The number of alkyl halides is 4. The van der Waals surface area contributed by atoms with E-state index in [0.717, 1.165) is 0 Å². The molecule has 13 heteroatoms. The Kier molecular flexibility index (Phi) is 5.73. The maximum absolute atomic E-state index is 14.8. The Bertz CT molecular complexity index is 905. The van der Waals surface area contributed by atoms with Gasteiger partial charge in [-0.2, -0.15) is 23.3 Å². The summed E-state index contributed by atoms with van der Waals surface area (Å²) >= 11 is 6.37. The van der Waals surface area contributed by atoms with Gasteiger partial charge in [-0.05, 0) is 6.42 Å². The summed E-state index contributed by atoms with van der Waals surface area (Å²) in [7, 11) is 1.33. The molecule has 2 aromatic heterocycles. The Balaban J connectivity index is 1.48. The largest absolute Gasteiger partial charge is 0.421 e. The van der Waals surface area contributed by atoms with Crippen LogP contribution in [0.2, 0.25) is 5.15 Å². The Morgan fingerprint density at radius 3 is 2.63 bits per heavy atom. The number of nitrogens with zero attached hydrogens (tertiary/aromatic N) is 5. The summed E-state index contributed by atoms with van der Waals surface area (Å²) in [5.74, 6) is -0.468. The summed E-state index contributed by atoms with van der Waals surface area (Å²) in [5, 5.41) is 9.47. The highest BCUT2D eigenvalue weighted by Crippen LogP contribution is 2.36. The molecule has 30 heavy (non-hydrogen) atoms. The van der Waals surface area contributed by atoms with E-state index in [1.54, 1.807) is 0 Å². The highest BCUT2D eigenvalue weighted by Gasteiger charge is 2.38. The van der Waals surface area contributed by atoms with Gasteiger partial charge in [-0.25, -0.2) is 14.1 Å². The van der Waals surface area contributed by atoms with Crippen LogP contribution in [-0.4, -0.2) is 70.2 Å². The summed E-state index contributed by atoms with van der Waals surface area (Å²) in [6.07, 6.45) is -3.17. The lowest BCUT2D eigenvalue weighted by Crippen LogP contribution is -2.55. The number of halogens is 5. The Labute approximate surface area is 174 Å². The lowest BCUT2D eigenvalue weighted by Gasteiger charge is -2.42. The van der Waals surface area contributed by atoms with Crippen LogP contribution in [0.1, 0.15) is 18.0 Å². The number of rotatable bonds is 5. The van der Waals surface area contributed by atoms with E-state index in [0.29, 0.717) is 32.4 Å². The predicted octanol–water partition coefficient (Wildman–Crippen LogP) is 3.11. The van der Waals surface area contributed by atoms with E-state index in [2.05, 4.69) is 30.6 Å². The fourth-order valence-electron chi connectivity index (χ4n) is 3.58. The molecule has 2 atom stereocenters. The molecule has 0 amide bonds. The number of anilines is 3. The van der Waals surface area contributed by atoms with Crippen LogP contribution >= 0.6 is 11.6 Å². The van der Waals surface area contributed by atoms with Crippen molar-refractivity contribution in [1.29, 1.82) is 0 Å². The second-order valence-electron chi connectivity index (χ2n) is 7.18. The maximum atomic E-state index is 14.8. The van der Waals surface area contributed by atoms with E-state index in [1.807, 2.05) is 0 Å². The van der Waals surface area contributed by atoms with Crippen LogP contribution in [0.15, 0.2) is 12.4 Å². The van der Waals surface area contributed by atoms with Gasteiger partial charge in [-0.1, -0.05) is 11.6 Å². The molecule has 4 heterocycles. The van der Waals surface area contributed by atoms with Gasteiger partial charge in [-0.3, -0.25) is 4.90 Å². The number of ether oxygens (including phenoxy) is 1. The van der Waals surface area contributed by atoms with Crippen molar-refractivity contribution < 1.29 is 22.3 Å². The van der Waals surface area contributed by atoms with Crippen LogP contribution in [0, 0.1) is 0 Å². The number of aromatic nitrogens is 4. The number of hydrogen-bond acceptors (Lipinski definition) is 7. The highest BCUT2D eigenvalue weighted by molar-refractivity contribution is 6.32. The van der Waals surface area contributed by atoms with Crippen LogP contribution < -0.4 is 10.6 Å². The summed E-state index contributed by atoms with van der Waals surface area (Å²) in [6, 6.07) is -0.278.